The SMILES string of the molecule is OC1CCC(n2c(=S)[nH]c3cc(I)c(F)cc32)CC1. The highest BCUT2D eigenvalue weighted by molar-refractivity contribution is 14.1. The zero-order valence-electron chi connectivity index (χ0n) is 10.2. The van der Waals surface area contributed by atoms with Gasteiger partial charge in [-0.05, 0) is 66.6 Å². The first-order valence-electron chi connectivity index (χ1n) is 6.33. The van der Waals surface area contributed by atoms with Crippen molar-refractivity contribution in [1.82, 2.24) is 9.55 Å². The largest absolute Gasteiger partial charge is 0.393 e. The zero-order valence-corrected chi connectivity index (χ0v) is 13.2. The molecule has 1 aromatic carbocycles. The maximum atomic E-state index is 13.8. The molecule has 102 valence electrons. The van der Waals surface area contributed by atoms with Crippen molar-refractivity contribution in [3.8, 4) is 0 Å². The lowest BCUT2D eigenvalue weighted by atomic mass is 9.93. The molecule has 3 nitrogen and oxygen atoms in total. The minimum Gasteiger partial charge on any atom is -0.393 e. The van der Waals surface area contributed by atoms with Crippen molar-refractivity contribution in [2.75, 3.05) is 0 Å². The molecule has 0 saturated heterocycles. The van der Waals surface area contributed by atoms with Crippen LogP contribution in [0.5, 0.6) is 0 Å². The molecule has 0 aliphatic heterocycles. The van der Waals surface area contributed by atoms with Crippen LogP contribution in [0.3, 0.4) is 0 Å². The maximum Gasteiger partial charge on any atom is 0.178 e. The van der Waals surface area contributed by atoms with E-state index >= 15 is 0 Å². The maximum absolute atomic E-state index is 13.8. The van der Waals surface area contributed by atoms with Crippen LogP contribution in [0, 0.1) is 14.2 Å². The molecule has 0 amide bonds. The number of aliphatic hydroxyl groups is 1. The molecule has 1 aliphatic rings. The Labute approximate surface area is 129 Å². The van der Waals surface area contributed by atoms with Crippen LogP contribution in [0.2, 0.25) is 0 Å². The second kappa shape index (κ2) is 5.14. The number of aromatic amines is 1. The number of imidazole rings is 1. The normalized spacial score (nSPS) is 23.9. The third-order valence-corrected chi connectivity index (χ3v) is 4.92. The number of halogens is 2. The van der Waals surface area contributed by atoms with Gasteiger partial charge in [-0.1, -0.05) is 0 Å². The number of nitrogens with one attached hydrogen (secondary N) is 1. The number of benzene rings is 1. The second-order valence-electron chi connectivity index (χ2n) is 5.05. The van der Waals surface area contributed by atoms with Crippen LogP contribution in [-0.2, 0) is 0 Å². The molecule has 2 aromatic rings. The average molecular weight is 392 g/mol. The number of hydrogen-bond acceptors (Lipinski definition) is 2. The number of aromatic nitrogens is 2. The fourth-order valence-corrected chi connectivity index (χ4v) is 3.62. The summed E-state index contributed by atoms with van der Waals surface area (Å²) in [6.45, 7) is 0. The predicted molar refractivity (Wildman–Crippen MR) is 83.3 cm³/mol. The lowest BCUT2D eigenvalue weighted by Crippen LogP contribution is -2.21. The first kappa shape index (κ1) is 13.5. The topological polar surface area (TPSA) is 41.0 Å². The number of H-pyrrole nitrogens is 1. The van der Waals surface area contributed by atoms with Gasteiger partial charge in [0, 0.05) is 12.1 Å². The highest BCUT2D eigenvalue weighted by Gasteiger charge is 2.23. The summed E-state index contributed by atoms with van der Waals surface area (Å²) >= 11 is 7.35. The molecule has 2 N–H and O–H groups in total. The molecule has 0 bridgehead atoms. The molecule has 1 heterocycles. The molecule has 1 aliphatic carbocycles. The number of hydrogen-bond donors (Lipinski definition) is 2. The summed E-state index contributed by atoms with van der Waals surface area (Å²) in [5.41, 5.74) is 1.70. The van der Waals surface area contributed by atoms with E-state index in [0.717, 1.165) is 36.7 Å². The van der Waals surface area contributed by atoms with Gasteiger partial charge in [0.1, 0.15) is 5.82 Å². The summed E-state index contributed by atoms with van der Waals surface area (Å²) in [6.07, 6.45) is 3.14. The monoisotopic (exact) mass is 392 g/mol. The Hall–Kier alpha value is -0.470. The summed E-state index contributed by atoms with van der Waals surface area (Å²) in [5.74, 6) is -0.216. The van der Waals surface area contributed by atoms with Crippen LogP contribution in [0.4, 0.5) is 4.39 Å². The minimum absolute atomic E-state index is 0.201. The van der Waals surface area contributed by atoms with Gasteiger partial charge in [0.05, 0.1) is 20.7 Å². The van der Waals surface area contributed by atoms with Crippen molar-refractivity contribution < 1.29 is 9.50 Å². The Bertz CT molecular complexity index is 673. The van der Waals surface area contributed by atoms with E-state index in [0.29, 0.717) is 8.34 Å². The average Bonchev–Trinajstić information content (AvgIpc) is 2.67. The van der Waals surface area contributed by atoms with Crippen LogP contribution in [0.1, 0.15) is 31.7 Å². The van der Waals surface area contributed by atoms with E-state index in [9.17, 15) is 9.50 Å². The fourth-order valence-electron chi connectivity index (χ4n) is 2.80. The standard InChI is InChI=1S/C13H14FIN2OS/c14-9-5-12-11(6-10(9)15)16-13(19)17(12)7-1-3-8(18)4-2-7/h5-8,18H,1-4H2,(H,16,19). The molecular formula is C13H14FIN2OS. The molecule has 0 unspecified atom stereocenters. The Balaban J connectivity index is 2.10. The third-order valence-electron chi connectivity index (χ3n) is 3.79. The Kier molecular flexibility index (Phi) is 3.65. The lowest BCUT2D eigenvalue weighted by molar-refractivity contribution is 0.111. The van der Waals surface area contributed by atoms with E-state index in [1.807, 2.05) is 27.2 Å². The molecule has 6 heteroatoms. The number of nitrogens with zero attached hydrogens (tertiary/aromatic N) is 1. The van der Waals surface area contributed by atoms with Gasteiger partial charge in [-0.25, -0.2) is 4.39 Å². The van der Waals surface area contributed by atoms with E-state index in [1.54, 1.807) is 12.1 Å². The van der Waals surface area contributed by atoms with Crippen LogP contribution in [0.25, 0.3) is 11.0 Å². The van der Waals surface area contributed by atoms with Gasteiger partial charge in [0.2, 0.25) is 0 Å². The van der Waals surface area contributed by atoms with Gasteiger partial charge in [-0.15, -0.1) is 0 Å². The van der Waals surface area contributed by atoms with Crippen molar-refractivity contribution >= 4 is 45.8 Å². The van der Waals surface area contributed by atoms with E-state index < -0.39 is 0 Å². The molecule has 1 saturated carbocycles. The third kappa shape index (κ3) is 2.45. The van der Waals surface area contributed by atoms with E-state index in [1.165, 1.54) is 0 Å². The fraction of sp³-hybridized carbons (Fsp3) is 0.462. The van der Waals surface area contributed by atoms with Crippen molar-refractivity contribution in [3.63, 3.8) is 0 Å². The molecule has 1 fully saturated rings. The van der Waals surface area contributed by atoms with E-state index in [2.05, 4.69) is 4.98 Å². The van der Waals surface area contributed by atoms with Gasteiger partial charge in [0.15, 0.2) is 4.77 Å². The number of aliphatic hydroxyl groups excluding tert-OH is 1. The van der Waals surface area contributed by atoms with Crippen LogP contribution >= 0.6 is 34.8 Å². The van der Waals surface area contributed by atoms with Crippen molar-refractivity contribution in [3.05, 3.63) is 26.3 Å². The summed E-state index contributed by atoms with van der Waals surface area (Å²) in [6, 6.07) is 3.59. The lowest BCUT2D eigenvalue weighted by Gasteiger charge is -2.27. The Morgan fingerprint density at radius 3 is 2.68 bits per heavy atom. The van der Waals surface area contributed by atoms with Crippen LogP contribution in [0.15, 0.2) is 12.1 Å². The van der Waals surface area contributed by atoms with E-state index in [-0.39, 0.29) is 18.0 Å². The molecule has 0 radical (unpaired) electrons. The van der Waals surface area contributed by atoms with Gasteiger partial charge in [-0.3, -0.25) is 0 Å². The Morgan fingerprint density at radius 2 is 2.00 bits per heavy atom. The highest BCUT2D eigenvalue weighted by Crippen LogP contribution is 2.32. The van der Waals surface area contributed by atoms with Gasteiger partial charge in [0.25, 0.3) is 0 Å². The molecule has 3 rings (SSSR count). The summed E-state index contributed by atoms with van der Waals surface area (Å²) in [4.78, 5) is 3.15. The van der Waals surface area contributed by atoms with Gasteiger partial charge in [-0.2, -0.15) is 0 Å². The van der Waals surface area contributed by atoms with Gasteiger partial charge < -0.3 is 14.7 Å². The van der Waals surface area contributed by atoms with Crippen molar-refractivity contribution in [2.24, 2.45) is 0 Å². The zero-order chi connectivity index (χ0) is 13.6. The van der Waals surface area contributed by atoms with Crippen LogP contribution < -0.4 is 0 Å². The summed E-state index contributed by atoms with van der Waals surface area (Å²) in [7, 11) is 0. The molecule has 19 heavy (non-hydrogen) atoms. The first-order valence-corrected chi connectivity index (χ1v) is 7.82. The predicted octanol–water partition coefficient (Wildman–Crippen LogP) is 3.92. The van der Waals surface area contributed by atoms with E-state index in [4.69, 9.17) is 12.2 Å². The van der Waals surface area contributed by atoms with Crippen molar-refractivity contribution in [2.45, 2.75) is 37.8 Å². The Morgan fingerprint density at radius 1 is 1.32 bits per heavy atom. The second-order valence-corrected chi connectivity index (χ2v) is 6.59. The van der Waals surface area contributed by atoms with Crippen molar-refractivity contribution in [1.29, 1.82) is 0 Å². The smallest absolute Gasteiger partial charge is 0.178 e. The summed E-state index contributed by atoms with van der Waals surface area (Å²) < 4.78 is 17.0. The molecular weight excluding hydrogens is 378 g/mol. The summed E-state index contributed by atoms with van der Waals surface area (Å²) in [5, 5.41) is 9.58. The number of rotatable bonds is 1. The molecule has 0 spiro atoms. The minimum atomic E-state index is -0.216. The molecule has 1 aromatic heterocycles. The quantitative estimate of drug-likeness (QED) is 0.571. The van der Waals surface area contributed by atoms with Crippen LogP contribution in [-0.4, -0.2) is 20.8 Å². The highest BCUT2D eigenvalue weighted by atomic mass is 127. The first-order chi connectivity index (χ1) is 9.06. The van der Waals surface area contributed by atoms with Gasteiger partial charge >= 0.3 is 0 Å². The number of fused-ring (bicyclic) bond motifs is 1. The molecule has 0 atom stereocenters.